The third-order valence-electron chi connectivity index (χ3n) is 5.01. The molecular formula is C19H22N4O2S. The Balaban J connectivity index is 1.55. The average Bonchev–Trinajstić information content (AvgIpc) is 3.34. The van der Waals surface area contributed by atoms with E-state index in [1.807, 2.05) is 6.92 Å². The van der Waals surface area contributed by atoms with Crippen LogP contribution in [-0.2, 0) is 6.42 Å². The average molecular weight is 370 g/mol. The minimum Gasteiger partial charge on any atom is -0.459 e. The fourth-order valence-corrected chi connectivity index (χ4v) is 4.45. The van der Waals surface area contributed by atoms with Gasteiger partial charge in [-0.25, -0.2) is 9.97 Å². The van der Waals surface area contributed by atoms with E-state index in [9.17, 15) is 4.79 Å². The minimum absolute atomic E-state index is 0.0576. The number of furan rings is 1. The second-order valence-electron chi connectivity index (χ2n) is 6.77. The van der Waals surface area contributed by atoms with Gasteiger partial charge in [0.1, 0.15) is 17.0 Å². The van der Waals surface area contributed by atoms with Crippen LogP contribution >= 0.6 is 11.3 Å². The van der Waals surface area contributed by atoms with Crippen LogP contribution in [0.5, 0.6) is 0 Å². The van der Waals surface area contributed by atoms with Gasteiger partial charge in [0.15, 0.2) is 5.76 Å². The molecule has 136 valence electrons. The first-order valence-electron chi connectivity index (χ1n) is 8.93. The second-order valence-corrected chi connectivity index (χ2v) is 7.89. The quantitative estimate of drug-likeness (QED) is 0.760. The maximum atomic E-state index is 12.4. The van der Waals surface area contributed by atoms with Crippen molar-refractivity contribution in [2.24, 2.45) is 0 Å². The number of carbonyl (C=O) groups excluding carboxylic acids is 1. The third kappa shape index (κ3) is 2.96. The van der Waals surface area contributed by atoms with Crippen molar-refractivity contribution in [2.75, 3.05) is 11.4 Å². The second kappa shape index (κ2) is 6.72. The first-order valence-corrected chi connectivity index (χ1v) is 9.74. The Hall–Kier alpha value is -2.41. The summed E-state index contributed by atoms with van der Waals surface area (Å²) in [6.45, 7) is 7.04. The van der Waals surface area contributed by atoms with Crippen LogP contribution < -0.4 is 10.2 Å². The van der Waals surface area contributed by atoms with E-state index in [1.165, 1.54) is 4.88 Å². The number of nitrogens with zero attached hydrogens (tertiary/aromatic N) is 3. The van der Waals surface area contributed by atoms with Gasteiger partial charge in [0.05, 0.1) is 17.7 Å². The van der Waals surface area contributed by atoms with E-state index in [0.717, 1.165) is 41.0 Å². The van der Waals surface area contributed by atoms with E-state index in [0.29, 0.717) is 5.76 Å². The van der Waals surface area contributed by atoms with Gasteiger partial charge in [-0.15, -0.1) is 11.3 Å². The lowest BCUT2D eigenvalue weighted by Gasteiger charge is -2.26. The SMILES string of the molecule is CCc1cc2c(N3CCC(NC(=O)c4cc(C)co4)C3C)ncnc2s1. The van der Waals surface area contributed by atoms with Gasteiger partial charge in [-0.3, -0.25) is 4.79 Å². The van der Waals surface area contributed by atoms with Crippen molar-refractivity contribution >= 4 is 33.3 Å². The first kappa shape index (κ1) is 17.0. The molecule has 0 radical (unpaired) electrons. The Morgan fingerprint density at radius 1 is 1.42 bits per heavy atom. The highest BCUT2D eigenvalue weighted by atomic mass is 32.1. The summed E-state index contributed by atoms with van der Waals surface area (Å²) < 4.78 is 5.31. The molecule has 3 aromatic rings. The Bertz CT molecular complexity index is 948. The van der Waals surface area contributed by atoms with Gasteiger partial charge in [0, 0.05) is 17.5 Å². The fraction of sp³-hybridized carbons (Fsp3) is 0.421. The largest absolute Gasteiger partial charge is 0.459 e. The Morgan fingerprint density at radius 2 is 2.27 bits per heavy atom. The Labute approximate surface area is 156 Å². The number of aromatic nitrogens is 2. The van der Waals surface area contributed by atoms with Crippen LogP contribution in [0.25, 0.3) is 10.2 Å². The normalized spacial score (nSPS) is 20.0. The Kier molecular flexibility index (Phi) is 4.40. The number of nitrogens with one attached hydrogen (secondary N) is 1. The number of thiophene rings is 1. The molecule has 0 aliphatic carbocycles. The van der Waals surface area contributed by atoms with Gasteiger partial charge >= 0.3 is 0 Å². The summed E-state index contributed by atoms with van der Waals surface area (Å²) in [6, 6.07) is 4.16. The van der Waals surface area contributed by atoms with Crippen molar-refractivity contribution in [1.82, 2.24) is 15.3 Å². The third-order valence-corrected chi connectivity index (χ3v) is 6.19. The van der Waals surface area contributed by atoms with Gasteiger partial charge in [-0.2, -0.15) is 0 Å². The van der Waals surface area contributed by atoms with Crippen molar-refractivity contribution in [2.45, 2.75) is 45.7 Å². The molecule has 4 heterocycles. The number of hydrogen-bond donors (Lipinski definition) is 1. The van der Waals surface area contributed by atoms with Gasteiger partial charge in [-0.1, -0.05) is 6.92 Å². The maximum absolute atomic E-state index is 12.4. The molecule has 7 heteroatoms. The maximum Gasteiger partial charge on any atom is 0.287 e. The predicted octanol–water partition coefficient (Wildman–Crippen LogP) is 3.55. The molecule has 0 bridgehead atoms. The summed E-state index contributed by atoms with van der Waals surface area (Å²) >= 11 is 1.72. The lowest BCUT2D eigenvalue weighted by atomic mass is 10.1. The molecule has 6 nitrogen and oxygen atoms in total. The van der Waals surface area contributed by atoms with Crippen LogP contribution in [0.1, 0.15) is 41.3 Å². The van der Waals surface area contributed by atoms with Crippen molar-refractivity contribution in [3.8, 4) is 0 Å². The van der Waals surface area contributed by atoms with Crippen molar-refractivity contribution < 1.29 is 9.21 Å². The molecule has 0 saturated carbocycles. The van der Waals surface area contributed by atoms with Crippen LogP contribution in [0.2, 0.25) is 0 Å². The van der Waals surface area contributed by atoms with E-state index in [1.54, 1.807) is 30.0 Å². The zero-order valence-electron chi connectivity index (χ0n) is 15.2. The zero-order chi connectivity index (χ0) is 18.3. The van der Waals surface area contributed by atoms with Crippen LogP contribution in [0.3, 0.4) is 0 Å². The number of anilines is 1. The number of amides is 1. The molecule has 1 fully saturated rings. The van der Waals surface area contributed by atoms with Gasteiger partial charge < -0.3 is 14.6 Å². The van der Waals surface area contributed by atoms with E-state index >= 15 is 0 Å². The number of aryl methyl sites for hydroxylation is 2. The van der Waals surface area contributed by atoms with E-state index in [-0.39, 0.29) is 18.0 Å². The molecular weight excluding hydrogens is 348 g/mol. The molecule has 0 spiro atoms. The monoisotopic (exact) mass is 370 g/mol. The summed E-state index contributed by atoms with van der Waals surface area (Å²) in [5.41, 5.74) is 0.948. The lowest BCUT2D eigenvalue weighted by molar-refractivity contribution is 0.0907. The molecule has 1 saturated heterocycles. The summed E-state index contributed by atoms with van der Waals surface area (Å²) in [5, 5.41) is 4.21. The van der Waals surface area contributed by atoms with E-state index < -0.39 is 0 Å². The standard InChI is InChI=1S/C19H22N4O2S/c1-4-13-8-14-17(20-10-21-19(14)26-13)23-6-5-15(12(23)3)22-18(24)16-7-11(2)9-25-16/h7-10,12,15H,4-6H2,1-3H3,(H,22,24). The fourth-order valence-electron chi connectivity index (χ4n) is 3.52. The molecule has 1 aliphatic rings. The molecule has 1 amide bonds. The topological polar surface area (TPSA) is 71.3 Å². The zero-order valence-corrected chi connectivity index (χ0v) is 16.0. The highest BCUT2D eigenvalue weighted by Crippen LogP contribution is 2.34. The minimum atomic E-state index is -0.159. The summed E-state index contributed by atoms with van der Waals surface area (Å²) in [5.74, 6) is 1.17. The Morgan fingerprint density at radius 3 is 3.00 bits per heavy atom. The molecule has 3 aromatic heterocycles. The molecule has 0 aromatic carbocycles. The van der Waals surface area contributed by atoms with Gasteiger partial charge in [-0.05, 0) is 44.4 Å². The smallest absolute Gasteiger partial charge is 0.287 e. The highest BCUT2D eigenvalue weighted by Gasteiger charge is 2.34. The van der Waals surface area contributed by atoms with Crippen LogP contribution in [0.15, 0.2) is 29.1 Å². The van der Waals surface area contributed by atoms with Crippen LogP contribution in [-0.4, -0.2) is 34.5 Å². The van der Waals surface area contributed by atoms with Crippen molar-refractivity contribution in [1.29, 1.82) is 0 Å². The van der Waals surface area contributed by atoms with E-state index in [2.05, 4.69) is 40.1 Å². The molecule has 2 unspecified atom stereocenters. The number of rotatable bonds is 4. The van der Waals surface area contributed by atoms with Gasteiger partial charge in [0.25, 0.3) is 5.91 Å². The lowest BCUT2D eigenvalue weighted by Crippen LogP contribution is -2.43. The summed E-state index contributed by atoms with van der Waals surface area (Å²) in [4.78, 5) is 26.0. The number of carbonyl (C=O) groups is 1. The van der Waals surface area contributed by atoms with Crippen molar-refractivity contribution in [3.05, 3.63) is 40.9 Å². The van der Waals surface area contributed by atoms with E-state index in [4.69, 9.17) is 4.42 Å². The summed E-state index contributed by atoms with van der Waals surface area (Å²) in [7, 11) is 0. The van der Waals surface area contributed by atoms with Gasteiger partial charge in [0.2, 0.25) is 0 Å². The first-order chi connectivity index (χ1) is 12.6. The highest BCUT2D eigenvalue weighted by molar-refractivity contribution is 7.18. The molecule has 26 heavy (non-hydrogen) atoms. The van der Waals surface area contributed by atoms with Crippen LogP contribution in [0, 0.1) is 6.92 Å². The molecule has 2 atom stereocenters. The summed E-state index contributed by atoms with van der Waals surface area (Å²) in [6.07, 6.45) is 5.11. The predicted molar refractivity (Wildman–Crippen MR) is 103 cm³/mol. The molecule has 1 aliphatic heterocycles. The molecule has 1 N–H and O–H groups in total. The van der Waals surface area contributed by atoms with Crippen LogP contribution in [0.4, 0.5) is 5.82 Å². The van der Waals surface area contributed by atoms with Crippen molar-refractivity contribution in [3.63, 3.8) is 0 Å². The molecule has 4 rings (SSSR count). The number of fused-ring (bicyclic) bond motifs is 1. The number of hydrogen-bond acceptors (Lipinski definition) is 6.